The summed E-state index contributed by atoms with van der Waals surface area (Å²) in [6.45, 7) is 3.44. The number of thiophene rings is 1. The van der Waals surface area contributed by atoms with E-state index >= 15 is 0 Å². The fourth-order valence-electron chi connectivity index (χ4n) is 1.55. The minimum Gasteiger partial charge on any atom is -0.465 e. The van der Waals surface area contributed by atoms with Gasteiger partial charge in [0.1, 0.15) is 0 Å². The van der Waals surface area contributed by atoms with E-state index in [0.29, 0.717) is 6.42 Å². The fourth-order valence-corrected chi connectivity index (χ4v) is 3.57. The van der Waals surface area contributed by atoms with E-state index in [1.165, 1.54) is 22.8 Å². The molecule has 1 N–H and O–H groups in total. The van der Waals surface area contributed by atoms with Gasteiger partial charge in [-0.15, -0.1) is 0 Å². The van der Waals surface area contributed by atoms with Gasteiger partial charge >= 0.3 is 5.97 Å². The highest BCUT2D eigenvalue weighted by Crippen LogP contribution is 2.12. The molecule has 0 fully saturated rings. The van der Waals surface area contributed by atoms with Gasteiger partial charge in [0.2, 0.25) is 10.0 Å². The highest BCUT2D eigenvalue weighted by molar-refractivity contribution is 7.91. The standard InChI is InChI=1S/C12H17NO5S2/c1-3-5-10(12(15)18-4-2)20(16,17)13-11(14)9-6-7-19-8-9/h6-8,10H,3-5H2,1-2H3,(H,13,14)/t10-/m0/s1. The fraction of sp³-hybridized carbons (Fsp3) is 0.500. The van der Waals surface area contributed by atoms with Crippen LogP contribution in [0.15, 0.2) is 16.8 Å². The summed E-state index contributed by atoms with van der Waals surface area (Å²) in [5.74, 6) is -1.57. The minimum atomic E-state index is -4.10. The third kappa shape index (κ3) is 4.31. The van der Waals surface area contributed by atoms with Crippen molar-refractivity contribution in [2.45, 2.75) is 31.9 Å². The van der Waals surface area contributed by atoms with Crippen molar-refractivity contribution in [3.05, 3.63) is 22.4 Å². The van der Waals surface area contributed by atoms with Crippen molar-refractivity contribution >= 4 is 33.2 Å². The summed E-state index contributed by atoms with van der Waals surface area (Å²) >= 11 is 1.28. The zero-order valence-corrected chi connectivity index (χ0v) is 12.9. The average molecular weight is 319 g/mol. The zero-order valence-electron chi connectivity index (χ0n) is 11.3. The predicted molar refractivity (Wildman–Crippen MR) is 76.0 cm³/mol. The van der Waals surface area contributed by atoms with Crippen molar-refractivity contribution in [3.8, 4) is 0 Å². The van der Waals surface area contributed by atoms with E-state index in [9.17, 15) is 18.0 Å². The molecule has 0 spiro atoms. The van der Waals surface area contributed by atoms with Crippen LogP contribution in [-0.2, 0) is 19.6 Å². The Hall–Kier alpha value is -1.41. The second-order valence-electron chi connectivity index (χ2n) is 4.02. The van der Waals surface area contributed by atoms with Gasteiger partial charge in [0, 0.05) is 5.38 Å². The highest BCUT2D eigenvalue weighted by Gasteiger charge is 2.34. The van der Waals surface area contributed by atoms with E-state index in [2.05, 4.69) is 0 Å². The Morgan fingerprint density at radius 2 is 2.10 bits per heavy atom. The van der Waals surface area contributed by atoms with Crippen molar-refractivity contribution in [1.82, 2.24) is 4.72 Å². The molecule has 20 heavy (non-hydrogen) atoms. The summed E-state index contributed by atoms with van der Waals surface area (Å²) < 4.78 is 30.9. The first-order valence-electron chi connectivity index (χ1n) is 6.17. The van der Waals surface area contributed by atoms with Crippen LogP contribution in [0.4, 0.5) is 0 Å². The van der Waals surface area contributed by atoms with Gasteiger partial charge in [0.25, 0.3) is 5.91 Å². The van der Waals surface area contributed by atoms with Gasteiger partial charge in [0.15, 0.2) is 5.25 Å². The number of nitrogens with one attached hydrogen (secondary N) is 1. The second kappa shape index (κ2) is 7.39. The highest BCUT2D eigenvalue weighted by atomic mass is 32.2. The minimum absolute atomic E-state index is 0.0903. The van der Waals surface area contributed by atoms with Crippen LogP contribution in [0.25, 0.3) is 0 Å². The van der Waals surface area contributed by atoms with Gasteiger partial charge in [-0.05, 0) is 24.8 Å². The molecule has 1 heterocycles. The van der Waals surface area contributed by atoms with E-state index in [-0.39, 0.29) is 18.6 Å². The SMILES string of the molecule is CCC[C@@H](C(=O)OCC)S(=O)(=O)NC(=O)c1ccsc1. The zero-order chi connectivity index (χ0) is 15.2. The lowest BCUT2D eigenvalue weighted by molar-refractivity contribution is -0.142. The summed E-state index contributed by atoms with van der Waals surface area (Å²) in [4.78, 5) is 23.5. The third-order valence-electron chi connectivity index (χ3n) is 2.49. The molecule has 8 heteroatoms. The van der Waals surface area contributed by atoms with Crippen LogP contribution in [0.3, 0.4) is 0 Å². The van der Waals surface area contributed by atoms with Crippen LogP contribution in [0.2, 0.25) is 0 Å². The molecule has 0 unspecified atom stereocenters. The van der Waals surface area contributed by atoms with E-state index < -0.39 is 27.1 Å². The molecule has 0 radical (unpaired) electrons. The summed E-state index contributed by atoms with van der Waals surface area (Å²) in [5.41, 5.74) is 0.248. The molecule has 1 amide bonds. The lowest BCUT2D eigenvalue weighted by Crippen LogP contribution is -2.43. The van der Waals surface area contributed by atoms with Gasteiger partial charge in [-0.25, -0.2) is 13.1 Å². The molecule has 0 saturated heterocycles. The Morgan fingerprint density at radius 1 is 1.40 bits per heavy atom. The molecule has 0 aromatic carbocycles. The molecule has 0 aliphatic heterocycles. The molecule has 1 aromatic rings. The number of carbonyl (C=O) groups excluding carboxylic acids is 2. The summed E-state index contributed by atoms with van der Waals surface area (Å²) in [5, 5.41) is 1.83. The van der Waals surface area contributed by atoms with Crippen LogP contribution >= 0.6 is 11.3 Å². The Morgan fingerprint density at radius 3 is 2.60 bits per heavy atom. The molecule has 112 valence electrons. The molecular formula is C12H17NO5S2. The summed E-state index contributed by atoms with van der Waals surface area (Å²) in [6.07, 6.45) is 0.585. The van der Waals surface area contributed by atoms with E-state index in [1.807, 2.05) is 4.72 Å². The number of amides is 1. The Bertz CT molecular complexity index is 550. The maximum atomic E-state index is 12.1. The number of ether oxygens (including phenoxy) is 1. The molecule has 1 atom stereocenters. The van der Waals surface area contributed by atoms with Gasteiger partial charge in [0.05, 0.1) is 12.2 Å². The van der Waals surface area contributed by atoms with E-state index in [1.54, 1.807) is 19.2 Å². The van der Waals surface area contributed by atoms with Gasteiger partial charge in [-0.2, -0.15) is 11.3 Å². The molecular weight excluding hydrogens is 302 g/mol. The van der Waals surface area contributed by atoms with Crippen molar-refractivity contribution in [1.29, 1.82) is 0 Å². The van der Waals surface area contributed by atoms with Crippen LogP contribution in [0.5, 0.6) is 0 Å². The Labute approximate surface area is 122 Å². The van der Waals surface area contributed by atoms with Gasteiger partial charge in [-0.1, -0.05) is 13.3 Å². The van der Waals surface area contributed by atoms with Crippen molar-refractivity contribution in [2.75, 3.05) is 6.61 Å². The van der Waals surface area contributed by atoms with Crippen molar-refractivity contribution in [3.63, 3.8) is 0 Å². The number of hydrogen-bond donors (Lipinski definition) is 1. The number of sulfonamides is 1. The molecule has 1 rings (SSSR count). The molecule has 0 saturated carbocycles. The third-order valence-corrected chi connectivity index (χ3v) is 4.82. The van der Waals surface area contributed by atoms with Crippen LogP contribution in [0.1, 0.15) is 37.0 Å². The van der Waals surface area contributed by atoms with Crippen molar-refractivity contribution in [2.24, 2.45) is 0 Å². The first-order chi connectivity index (χ1) is 9.42. The predicted octanol–water partition coefficient (Wildman–Crippen LogP) is 1.54. The summed E-state index contributed by atoms with van der Waals surface area (Å²) in [7, 11) is -4.10. The largest absolute Gasteiger partial charge is 0.465 e. The molecule has 0 bridgehead atoms. The van der Waals surface area contributed by atoms with Gasteiger partial charge < -0.3 is 4.74 Å². The normalized spacial score (nSPS) is 12.7. The molecule has 0 aliphatic rings. The van der Waals surface area contributed by atoms with Crippen LogP contribution in [-0.4, -0.2) is 32.2 Å². The average Bonchev–Trinajstić information content (AvgIpc) is 2.89. The number of rotatable bonds is 7. The molecule has 0 aliphatic carbocycles. The lowest BCUT2D eigenvalue weighted by Gasteiger charge is -2.15. The van der Waals surface area contributed by atoms with E-state index in [0.717, 1.165) is 0 Å². The maximum absolute atomic E-state index is 12.1. The second-order valence-corrected chi connectivity index (χ2v) is 6.66. The number of hydrogen-bond acceptors (Lipinski definition) is 6. The van der Waals surface area contributed by atoms with E-state index in [4.69, 9.17) is 4.74 Å². The maximum Gasteiger partial charge on any atom is 0.326 e. The topological polar surface area (TPSA) is 89.5 Å². The van der Waals surface area contributed by atoms with Crippen LogP contribution in [0, 0.1) is 0 Å². The summed E-state index contributed by atoms with van der Waals surface area (Å²) in [6, 6.07) is 1.51. The molecule has 6 nitrogen and oxygen atoms in total. The van der Waals surface area contributed by atoms with Crippen LogP contribution < -0.4 is 4.72 Å². The first-order valence-corrected chi connectivity index (χ1v) is 8.66. The lowest BCUT2D eigenvalue weighted by atomic mass is 10.2. The smallest absolute Gasteiger partial charge is 0.326 e. The Kier molecular flexibility index (Phi) is 6.15. The monoisotopic (exact) mass is 319 g/mol. The number of esters is 1. The van der Waals surface area contributed by atoms with Gasteiger partial charge in [-0.3, -0.25) is 9.59 Å². The Balaban J connectivity index is 2.88. The van der Waals surface area contributed by atoms with Crippen molar-refractivity contribution < 1.29 is 22.7 Å². The quantitative estimate of drug-likeness (QED) is 0.770. The molecule has 1 aromatic heterocycles. The number of carbonyl (C=O) groups is 2. The first kappa shape index (κ1) is 16.6.